The van der Waals surface area contributed by atoms with E-state index >= 15 is 0 Å². The third-order valence-electron chi connectivity index (χ3n) is 3.51. The molecule has 27 heavy (non-hydrogen) atoms. The molecule has 0 aliphatic heterocycles. The van der Waals surface area contributed by atoms with Gasteiger partial charge in [0.15, 0.2) is 0 Å². The Morgan fingerprint density at radius 2 is 1.56 bits per heavy atom. The number of amides is 3. The summed E-state index contributed by atoms with van der Waals surface area (Å²) in [5, 5.41) is 13.7. The number of carbonyl (C=O) groups excluding carboxylic acids is 3. The lowest BCUT2D eigenvalue weighted by Crippen LogP contribution is -2.48. The summed E-state index contributed by atoms with van der Waals surface area (Å²) in [6, 6.07) is 8.98. The normalized spacial score (nSPS) is 12.3. The smallest absolute Gasteiger partial charge is 0.244 e. The van der Waals surface area contributed by atoms with Crippen LogP contribution in [0.4, 0.5) is 0 Å². The van der Waals surface area contributed by atoms with Gasteiger partial charge in [0.2, 0.25) is 17.7 Å². The van der Waals surface area contributed by atoms with E-state index in [-0.39, 0.29) is 12.3 Å². The zero-order valence-electron chi connectivity index (χ0n) is 16.9. The number of hydrogen-bond donors (Lipinski definition) is 4. The number of nitrogens with one attached hydrogen (secondary N) is 3. The molecule has 0 aliphatic carbocycles. The minimum absolute atomic E-state index is 0.151. The van der Waals surface area contributed by atoms with Crippen molar-refractivity contribution in [1.82, 2.24) is 16.1 Å². The zero-order valence-corrected chi connectivity index (χ0v) is 16.9. The molecule has 0 spiro atoms. The van der Waals surface area contributed by atoms with Crippen molar-refractivity contribution in [3.8, 4) is 0 Å². The zero-order chi connectivity index (χ0) is 20.8. The highest BCUT2D eigenvalue weighted by molar-refractivity contribution is 5.90. The van der Waals surface area contributed by atoms with Gasteiger partial charge in [0.05, 0.1) is 0 Å². The van der Waals surface area contributed by atoms with Crippen LogP contribution in [0.2, 0.25) is 0 Å². The third-order valence-corrected chi connectivity index (χ3v) is 3.51. The first-order chi connectivity index (χ1) is 12.7. The molecule has 0 fully saturated rings. The van der Waals surface area contributed by atoms with E-state index in [9.17, 15) is 14.4 Å². The number of likely N-dealkylation sites (N-methyl/N-ethyl adjacent to an activating group) is 1. The van der Waals surface area contributed by atoms with Gasteiger partial charge in [-0.25, -0.2) is 5.48 Å². The van der Waals surface area contributed by atoms with Crippen LogP contribution < -0.4 is 16.1 Å². The Kier molecular flexibility index (Phi) is 12.5. The van der Waals surface area contributed by atoms with E-state index in [2.05, 4.69) is 31.4 Å². The number of aryl methyl sites for hydroxylation is 1. The molecule has 0 bridgehead atoms. The fraction of sp³-hybridized carbons (Fsp3) is 0.550. The molecule has 2 unspecified atom stereocenters. The van der Waals surface area contributed by atoms with Gasteiger partial charge in [0.1, 0.15) is 6.04 Å². The van der Waals surface area contributed by atoms with E-state index in [0.717, 1.165) is 11.5 Å². The molecule has 3 amide bonds. The SMILES string of the molecule is CC(C)C.CNC(=O)C(CCc1ccccc1)NC(=O)C(C)CC(=O)NO. The molecule has 1 aromatic rings. The summed E-state index contributed by atoms with van der Waals surface area (Å²) < 4.78 is 0. The fourth-order valence-corrected chi connectivity index (χ4v) is 2.13. The molecular formula is C20H33N3O4. The fourth-order valence-electron chi connectivity index (χ4n) is 2.13. The van der Waals surface area contributed by atoms with Crippen LogP contribution in [0.15, 0.2) is 30.3 Å². The number of benzene rings is 1. The first kappa shape index (κ1) is 24.6. The average Bonchev–Trinajstić information content (AvgIpc) is 2.64. The van der Waals surface area contributed by atoms with Crippen LogP contribution >= 0.6 is 0 Å². The molecule has 2 atom stereocenters. The van der Waals surface area contributed by atoms with E-state index in [0.29, 0.717) is 12.8 Å². The van der Waals surface area contributed by atoms with Crippen molar-refractivity contribution >= 4 is 17.7 Å². The predicted molar refractivity (Wildman–Crippen MR) is 105 cm³/mol. The first-order valence-corrected chi connectivity index (χ1v) is 9.20. The second-order valence-corrected chi connectivity index (χ2v) is 7.07. The lowest BCUT2D eigenvalue weighted by Gasteiger charge is -2.19. The predicted octanol–water partition coefficient (Wildman–Crippen LogP) is 2.04. The summed E-state index contributed by atoms with van der Waals surface area (Å²) in [5.74, 6) is -1.15. The van der Waals surface area contributed by atoms with E-state index < -0.39 is 23.8 Å². The summed E-state index contributed by atoms with van der Waals surface area (Å²) in [4.78, 5) is 35.1. The maximum Gasteiger partial charge on any atom is 0.244 e. The summed E-state index contributed by atoms with van der Waals surface area (Å²) in [7, 11) is 1.51. The molecule has 1 aromatic carbocycles. The highest BCUT2D eigenvalue weighted by Gasteiger charge is 2.23. The maximum atomic E-state index is 12.1. The minimum Gasteiger partial charge on any atom is -0.357 e. The highest BCUT2D eigenvalue weighted by Crippen LogP contribution is 2.08. The van der Waals surface area contributed by atoms with Gasteiger partial charge in [-0.15, -0.1) is 0 Å². The largest absolute Gasteiger partial charge is 0.357 e. The van der Waals surface area contributed by atoms with Crippen molar-refractivity contribution in [2.45, 2.75) is 53.0 Å². The average molecular weight is 380 g/mol. The molecule has 152 valence electrons. The van der Waals surface area contributed by atoms with Crippen LogP contribution in [0.5, 0.6) is 0 Å². The van der Waals surface area contributed by atoms with Crippen molar-refractivity contribution in [3.05, 3.63) is 35.9 Å². The molecule has 0 aliphatic rings. The summed E-state index contributed by atoms with van der Waals surface area (Å²) in [5.41, 5.74) is 2.56. The molecule has 1 rings (SSSR count). The van der Waals surface area contributed by atoms with Gasteiger partial charge in [-0.05, 0) is 24.3 Å². The second-order valence-electron chi connectivity index (χ2n) is 7.07. The van der Waals surface area contributed by atoms with Crippen molar-refractivity contribution in [3.63, 3.8) is 0 Å². The molecule has 7 heteroatoms. The molecule has 0 saturated heterocycles. The van der Waals surface area contributed by atoms with Gasteiger partial charge in [0.25, 0.3) is 0 Å². The van der Waals surface area contributed by atoms with Crippen molar-refractivity contribution < 1.29 is 19.6 Å². The van der Waals surface area contributed by atoms with Gasteiger partial charge in [-0.2, -0.15) is 0 Å². The minimum atomic E-state index is -0.674. The molecule has 7 nitrogen and oxygen atoms in total. The van der Waals surface area contributed by atoms with Crippen LogP contribution in [-0.4, -0.2) is 36.0 Å². The molecule has 0 saturated carbocycles. The van der Waals surface area contributed by atoms with Gasteiger partial charge < -0.3 is 10.6 Å². The summed E-state index contributed by atoms with van der Waals surface area (Å²) in [6.45, 7) is 8.06. The van der Waals surface area contributed by atoms with E-state index in [1.165, 1.54) is 12.5 Å². The topological polar surface area (TPSA) is 108 Å². The molecular weight excluding hydrogens is 346 g/mol. The van der Waals surface area contributed by atoms with E-state index in [1.54, 1.807) is 6.92 Å². The van der Waals surface area contributed by atoms with E-state index in [4.69, 9.17) is 5.21 Å². The summed E-state index contributed by atoms with van der Waals surface area (Å²) >= 11 is 0. The first-order valence-electron chi connectivity index (χ1n) is 9.20. The second kappa shape index (κ2) is 13.7. The molecule has 0 radical (unpaired) electrons. The van der Waals surface area contributed by atoms with Gasteiger partial charge in [-0.3, -0.25) is 19.6 Å². The van der Waals surface area contributed by atoms with Crippen molar-refractivity contribution in [1.29, 1.82) is 0 Å². The third kappa shape index (κ3) is 11.8. The molecule has 4 N–H and O–H groups in total. The van der Waals surface area contributed by atoms with Crippen molar-refractivity contribution in [2.75, 3.05) is 7.05 Å². The maximum absolute atomic E-state index is 12.1. The Hall–Kier alpha value is -2.41. The Morgan fingerprint density at radius 1 is 1.00 bits per heavy atom. The lowest BCUT2D eigenvalue weighted by molar-refractivity contribution is -0.135. The molecule has 0 heterocycles. The number of hydrogen-bond acceptors (Lipinski definition) is 4. The van der Waals surface area contributed by atoms with Crippen LogP contribution in [0.3, 0.4) is 0 Å². The lowest BCUT2D eigenvalue weighted by atomic mass is 10.0. The van der Waals surface area contributed by atoms with Crippen LogP contribution in [-0.2, 0) is 20.8 Å². The number of rotatable bonds is 8. The number of hydroxylamine groups is 1. The monoisotopic (exact) mass is 379 g/mol. The summed E-state index contributed by atoms with van der Waals surface area (Å²) in [6.07, 6.45) is 0.945. The van der Waals surface area contributed by atoms with Crippen LogP contribution in [0.25, 0.3) is 0 Å². The number of carbonyl (C=O) groups is 3. The standard InChI is InChI=1S/C16H23N3O4.C4H10/c1-11(10-14(20)19-23)15(21)18-13(16(22)17-2)9-8-12-6-4-3-5-7-12;1-4(2)3/h3-7,11,13,23H,8-10H2,1-2H3,(H,17,22)(H,18,21)(H,19,20);4H,1-3H3. The van der Waals surface area contributed by atoms with Crippen LogP contribution in [0.1, 0.15) is 46.1 Å². The van der Waals surface area contributed by atoms with Crippen molar-refractivity contribution in [2.24, 2.45) is 11.8 Å². The Bertz CT molecular complexity index is 573. The Balaban J connectivity index is 0.00000153. The van der Waals surface area contributed by atoms with Gasteiger partial charge in [-0.1, -0.05) is 58.0 Å². The quantitative estimate of drug-likeness (QED) is 0.409. The van der Waals surface area contributed by atoms with E-state index in [1.807, 2.05) is 30.3 Å². The van der Waals surface area contributed by atoms with Gasteiger partial charge >= 0.3 is 0 Å². The molecule has 0 aromatic heterocycles. The highest BCUT2D eigenvalue weighted by atomic mass is 16.5. The Morgan fingerprint density at radius 3 is 2.04 bits per heavy atom. The Labute approximate surface area is 161 Å². The van der Waals surface area contributed by atoms with Crippen LogP contribution in [0, 0.1) is 11.8 Å². The van der Waals surface area contributed by atoms with Gasteiger partial charge in [0, 0.05) is 19.4 Å².